The number of carbonyl (C=O) groups is 1. The van der Waals surface area contributed by atoms with Gasteiger partial charge >= 0.3 is 0 Å². The van der Waals surface area contributed by atoms with Crippen molar-refractivity contribution < 1.29 is 4.79 Å². The molecule has 0 bridgehead atoms. The van der Waals surface area contributed by atoms with E-state index in [1.807, 2.05) is 17.0 Å². The Labute approximate surface area is 118 Å². The first kappa shape index (κ1) is 12.8. The Morgan fingerprint density at radius 3 is 3.05 bits per heavy atom. The zero-order valence-electron chi connectivity index (χ0n) is 11.5. The molecular weight excluding hydrogens is 252 g/mol. The van der Waals surface area contributed by atoms with Crippen LogP contribution in [0.2, 0.25) is 0 Å². The Balaban J connectivity index is 1.79. The van der Waals surface area contributed by atoms with Crippen LogP contribution in [-0.4, -0.2) is 32.5 Å². The molecule has 0 radical (unpaired) electrons. The van der Waals surface area contributed by atoms with Gasteiger partial charge in [0, 0.05) is 6.54 Å². The summed E-state index contributed by atoms with van der Waals surface area (Å²) in [6.45, 7) is 2.93. The molecule has 1 amide bonds. The lowest BCUT2D eigenvalue weighted by atomic mass is 9.99. The molecule has 1 aromatic heterocycles. The number of aromatic nitrogens is 3. The van der Waals surface area contributed by atoms with Crippen LogP contribution in [0.1, 0.15) is 35.8 Å². The number of nitrogens with zero attached hydrogens (tertiary/aromatic N) is 3. The number of amides is 1. The number of carbonyl (C=O) groups excluding carboxylic acids is 1. The van der Waals surface area contributed by atoms with Gasteiger partial charge in [0.05, 0.1) is 12.5 Å². The number of aryl methyl sites for hydroxylation is 1. The lowest BCUT2D eigenvalue weighted by molar-refractivity contribution is -0.131. The third-order valence-corrected chi connectivity index (χ3v) is 3.90. The summed E-state index contributed by atoms with van der Waals surface area (Å²) in [5, 5.41) is 6.54. The molecule has 3 rings (SSSR count). The monoisotopic (exact) mass is 270 g/mol. The molecule has 5 heteroatoms. The molecule has 104 valence electrons. The van der Waals surface area contributed by atoms with Gasteiger partial charge in [-0.25, -0.2) is 4.98 Å². The Kier molecular flexibility index (Phi) is 3.50. The first-order chi connectivity index (χ1) is 9.75. The Morgan fingerprint density at radius 1 is 1.45 bits per heavy atom. The van der Waals surface area contributed by atoms with E-state index < -0.39 is 0 Å². The Hall–Kier alpha value is -2.17. The van der Waals surface area contributed by atoms with Gasteiger partial charge in [0.2, 0.25) is 5.91 Å². The van der Waals surface area contributed by atoms with Crippen LogP contribution in [0.5, 0.6) is 0 Å². The maximum Gasteiger partial charge on any atom is 0.230 e. The molecule has 1 unspecified atom stereocenters. The predicted octanol–water partition coefficient (Wildman–Crippen LogP) is 2.02. The Morgan fingerprint density at radius 2 is 2.30 bits per heavy atom. The molecule has 0 spiro atoms. The standard InChI is InChI=1S/C15H18N4O/c1-11-5-2-3-6-12(11)13-7-4-8-19(13)15(20)9-14-16-10-17-18-14/h2-3,5-6,10,13H,4,7-9H2,1H3,(H,16,17,18). The normalized spacial score (nSPS) is 18.4. The van der Waals surface area contributed by atoms with Gasteiger partial charge in [-0.1, -0.05) is 24.3 Å². The zero-order chi connectivity index (χ0) is 13.9. The fourth-order valence-corrected chi connectivity index (χ4v) is 2.91. The fraction of sp³-hybridized carbons (Fsp3) is 0.400. The van der Waals surface area contributed by atoms with E-state index in [9.17, 15) is 4.79 Å². The van der Waals surface area contributed by atoms with Crippen LogP contribution < -0.4 is 0 Å². The van der Waals surface area contributed by atoms with E-state index >= 15 is 0 Å². The van der Waals surface area contributed by atoms with E-state index in [1.165, 1.54) is 17.5 Å². The van der Waals surface area contributed by atoms with E-state index in [1.54, 1.807) is 0 Å². The fourth-order valence-electron chi connectivity index (χ4n) is 2.91. The van der Waals surface area contributed by atoms with E-state index in [-0.39, 0.29) is 11.9 Å². The molecule has 2 aromatic rings. The minimum atomic E-state index is 0.118. The van der Waals surface area contributed by atoms with Crippen molar-refractivity contribution in [1.82, 2.24) is 20.1 Å². The van der Waals surface area contributed by atoms with Crippen molar-refractivity contribution in [2.75, 3.05) is 6.54 Å². The number of hydrogen-bond donors (Lipinski definition) is 1. The molecule has 1 fully saturated rings. The molecule has 0 saturated carbocycles. The smallest absolute Gasteiger partial charge is 0.230 e. The second-order valence-corrected chi connectivity index (χ2v) is 5.21. The minimum absolute atomic E-state index is 0.118. The summed E-state index contributed by atoms with van der Waals surface area (Å²) in [4.78, 5) is 18.5. The molecule has 1 N–H and O–H groups in total. The van der Waals surface area contributed by atoms with Gasteiger partial charge in [-0.05, 0) is 30.9 Å². The van der Waals surface area contributed by atoms with E-state index in [0.29, 0.717) is 12.2 Å². The highest BCUT2D eigenvalue weighted by atomic mass is 16.2. The molecule has 1 saturated heterocycles. The summed E-state index contributed by atoms with van der Waals surface area (Å²) in [6, 6.07) is 8.51. The average molecular weight is 270 g/mol. The number of benzene rings is 1. The number of aromatic amines is 1. The Bertz CT molecular complexity index is 594. The maximum atomic E-state index is 12.4. The lowest BCUT2D eigenvalue weighted by Crippen LogP contribution is -2.32. The van der Waals surface area contributed by atoms with Gasteiger partial charge in [0.25, 0.3) is 0 Å². The highest BCUT2D eigenvalue weighted by Gasteiger charge is 2.30. The zero-order valence-corrected chi connectivity index (χ0v) is 11.5. The van der Waals surface area contributed by atoms with Crippen molar-refractivity contribution in [3.63, 3.8) is 0 Å². The average Bonchev–Trinajstić information content (AvgIpc) is 3.09. The SMILES string of the molecule is Cc1ccccc1C1CCCN1C(=O)Cc1ncn[nH]1. The second-order valence-electron chi connectivity index (χ2n) is 5.21. The van der Waals surface area contributed by atoms with Crippen molar-refractivity contribution in [2.24, 2.45) is 0 Å². The summed E-state index contributed by atoms with van der Waals surface area (Å²) in [5.74, 6) is 0.748. The summed E-state index contributed by atoms with van der Waals surface area (Å²) in [7, 11) is 0. The third-order valence-electron chi connectivity index (χ3n) is 3.90. The van der Waals surface area contributed by atoms with Gasteiger partial charge in [-0.3, -0.25) is 9.89 Å². The van der Waals surface area contributed by atoms with Crippen molar-refractivity contribution in [1.29, 1.82) is 0 Å². The van der Waals surface area contributed by atoms with Crippen molar-refractivity contribution in [3.8, 4) is 0 Å². The van der Waals surface area contributed by atoms with Gasteiger partial charge < -0.3 is 4.90 Å². The van der Waals surface area contributed by atoms with E-state index in [0.717, 1.165) is 19.4 Å². The molecule has 1 atom stereocenters. The van der Waals surface area contributed by atoms with Gasteiger partial charge in [-0.2, -0.15) is 5.10 Å². The quantitative estimate of drug-likeness (QED) is 0.928. The minimum Gasteiger partial charge on any atom is -0.335 e. The highest BCUT2D eigenvalue weighted by molar-refractivity contribution is 5.78. The summed E-state index contributed by atoms with van der Waals surface area (Å²) < 4.78 is 0. The number of hydrogen-bond acceptors (Lipinski definition) is 3. The van der Waals surface area contributed by atoms with Crippen LogP contribution in [0.15, 0.2) is 30.6 Å². The van der Waals surface area contributed by atoms with Crippen LogP contribution in [0.4, 0.5) is 0 Å². The van der Waals surface area contributed by atoms with Gasteiger partial charge in [0.15, 0.2) is 0 Å². The number of H-pyrrole nitrogens is 1. The van der Waals surface area contributed by atoms with Crippen LogP contribution in [-0.2, 0) is 11.2 Å². The molecule has 0 aliphatic carbocycles. The molecule has 1 aromatic carbocycles. The molecule has 1 aliphatic heterocycles. The number of rotatable bonds is 3. The summed E-state index contributed by atoms with van der Waals surface area (Å²) in [6.07, 6.45) is 3.82. The van der Waals surface area contributed by atoms with Crippen LogP contribution in [0.25, 0.3) is 0 Å². The molecule has 2 heterocycles. The number of nitrogens with one attached hydrogen (secondary N) is 1. The summed E-state index contributed by atoms with van der Waals surface area (Å²) in [5.41, 5.74) is 2.51. The molecule has 1 aliphatic rings. The van der Waals surface area contributed by atoms with Crippen LogP contribution >= 0.6 is 0 Å². The number of likely N-dealkylation sites (tertiary alicyclic amines) is 1. The van der Waals surface area contributed by atoms with Crippen molar-refractivity contribution in [3.05, 3.63) is 47.5 Å². The first-order valence-corrected chi connectivity index (χ1v) is 6.95. The lowest BCUT2D eigenvalue weighted by Gasteiger charge is -2.26. The highest BCUT2D eigenvalue weighted by Crippen LogP contribution is 2.33. The van der Waals surface area contributed by atoms with Gasteiger partial charge in [-0.15, -0.1) is 0 Å². The van der Waals surface area contributed by atoms with Crippen molar-refractivity contribution in [2.45, 2.75) is 32.2 Å². The second kappa shape index (κ2) is 5.45. The van der Waals surface area contributed by atoms with Crippen molar-refractivity contribution >= 4 is 5.91 Å². The predicted molar refractivity (Wildman–Crippen MR) is 75.0 cm³/mol. The van der Waals surface area contributed by atoms with Crippen LogP contribution in [0.3, 0.4) is 0 Å². The van der Waals surface area contributed by atoms with Crippen LogP contribution in [0, 0.1) is 6.92 Å². The molecule has 20 heavy (non-hydrogen) atoms. The largest absolute Gasteiger partial charge is 0.335 e. The molecule has 5 nitrogen and oxygen atoms in total. The van der Waals surface area contributed by atoms with E-state index in [2.05, 4.69) is 34.2 Å². The first-order valence-electron chi connectivity index (χ1n) is 6.95. The summed E-state index contributed by atoms with van der Waals surface area (Å²) >= 11 is 0. The maximum absolute atomic E-state index is 12.4. The van der Waals surface area contributed by atoms with Gasteiger partial charge in [0.1, 0.15) is 12.2 Å². The molecular formula is C15H18N4O. The van der Waals surface area contributed by atoms with E-state index in [4.69, 9.17) is 0 Å². The topological polar surface area (TPSA) is 61.9 Å². The third kappa shape index (κ3) is 2.43.